The van der Waals surface area contributed by atoms with Crippen LogP contribution in [0, 0.1) is 10.1 Å². The smallest absolute Gasteiger partial charge is 0.308 e. The first-order valence-electron chi connectivity index (χ1n) is 10.00. The molecule has 0 spiro atoms. The van der Waals surface area contributed by atoms with Gasteiger partial charge in [0.15, 0.2) is 5.82 Å². The van der Waals surface area contributed by atoms with E-state index in [1.54, 1.807) is 19.4 Å². The van der Waals surface area contributed by atoms with Crippen LogP contribution in [-0.2, 0) is 6.54 Å². The van der Waals surface area contributed by atoms with Crippen LogP contribution in [0.4, 0.5) is 5.69 Å². The number of nitrogens with zero attached hydrogens (tertiary/aromatic N) is 5. The molecular weight excluding hydrogens is 406 g/mol. The predicted octanol–water partition coefficient (Wildman–Crippen LogP) is 3.32. The van der Waals surface area contributed by atoms with Crippen LogP contribution >= 0.6 is 11.6 Å². The van der Waals surface area contributed by atoms with E-state index in [2.05, 4.69) is 19.7 Å². The van der Waals surface area contributed by atoms with E-state index in [0.29, 0.717) is 17.4 Å². The fourth-order valence-electron chi connectivity index (χ4n) is 4.92. The normalized spacial score (nSPS) is 22.5. The minimum absolute atomic E-state index is 0.121. The van der Waals surface area contributed by atoms with Crippen LogP contribution < -0.4 is 9.64 Å². The quantitative estimate of drug-likeness (QED) is 0.411. The summed E-state index contributed by atoms with van der Waals surface area (Å²) >= 11 is 5.90. The van der Waals surface area contributed by atoms with Gasteiger partial charge < -0.3 is 19.4 Å². The maximum absolute atomic E-state index is 12.2. The monoisotopic (exact) mass is 427 g/mol. The number of fused-ring (bicyclic) bond motifs is 4. The summed E-state index contributed by atoms with van der Waals surface area (Å²) in [6.45, 7) is 2.09. The van der Waals surface area contributed by atoms with Crippen molar-refractivity contribution in [2.45, 2.75) is 31.6 Å². The zero-order chi connectivity index (χ0) is 20.8. The van der Waals surface area contributed by atoms with Crippen molar-refractivity contribution in [2.75, 3.05) is 25.1 Å². The number of anilines is 1. The highest BCUT2D eigenvalue weighted by Crippen LogP contribution is 2.45. The Kier molecular flexibility index (Phi) is 4.66. The summed E-state index contributed by atoms with van der Waals surface area (Å²) in [5, 5.41) is 12.7. The van der Waals surface area contributed by atoms with Crippen LogP contribution in [0.25, 0.3) is 0 Å². The van der Waals surface area contributed by atoms with Crippen LogP contribution in [0.5, 0.6) is 5.75 Å². The molecule has 0 amide bonds. The summed E-state index contributed by atoms with van der Waals surface area (Å²) < 4.78 is 5.27. The molecule has 30 heavy (non-hydrogen) atoms. The van der Waals surface area contributed by atoms with E-state index in [9.17, 15) is 10.1 Å². The van der Waals surface area contributed by atoms with Crippen LogP contribution in [0.1, 0.15) is 18.4 Å². The van der Waals surface area contributed by atoms with Gasteiger partial charge in [0.25, 0.3) is 0 Å². The summed E-state index contributed by atoms with van der Waals surface area (Å²) in [6.07, 6.45) is 3.52. The van der Waals surface area contributed by atoms with Gasteiger partial charge in [0.05, 0.1) is 12.0 Å². The van der Waals surface area contributed by atoms with Crippen molar-refractivity contribution in [3.05, 3.63) is 74.9 Å². The van der Waals surface area contributed by atoms with Crippen molar-refractivity contribution in [3.8, 4) is 5.75 Å². The Balaban J connectivity index is 1.51. The Morgan fingerprint density at radius 2 is 2.00 bits per heavy atom. The molecule has 2 fully saturated rings. The van der Waals surface area contributed by atoms with Crippen LogP contribution in [0.2, 0.25) is 5.15 Å². The third-order valence-electron chi connectivity index (χ3n) is 6.17. The second-order valence-electron chi connectivity index (χ2n) is 7.75. The van der Waals surface area contributed by atoms with Crippen molar-refractivity contribution in [2.24, 2.45) is 0 Å². The number of pyridine rings is 1. The zero-order valence-electron chi connectivity index (χ0n) is 16.6. The van der Waals surface area contributed by atoms with Gasteiger partial charge in [0.2, 0.25) is 0 Å². The minimum atomic E-state index is -0.242. The maximum atomic E-state index is 12.2. The Morgan fingerprint density at radius 3 is 2.67 bits per heavy atom. The van der Waals surface area contributed by atoms with Crippen molar-refractivity contribution >= 4 is 17.3 Å². The Labute approximate surface area is 179 Å². The van der Waals surface area contributed by atoms with Gasteiger partial charge in [-0.3, -0.25) is 10.1 Å². The highest BCUT2D eigenvalue weighted by molar-refractivity contribution is 6.29. The fourth-order valence-corrected chi connectivity index (χ4v) is 5.03. The number of rotatable bonds is 5. The topological polar surface area (TPSA) is 75.0 Å². The van der Waals surface area contributed by atoms with Crippen molar-refractivity contribution in [1.29, 1.82) is 0 Å². The van der Waals surface area contributed by atoms with Crippen molar-refractivity contribution in [3.63, 3.8) is 0 Å². The molecule has 2 saturated heterocycles. The molecule has 0 radical (unpaired) electrons. The van der Waals surface area contributed by atoms with Gasteiger partial charge in [-0.05, 0) is 48.7 Å². The number of halogens is 1. The van der Waals surface area contributed by atoms with E-state index in [1.165, 1.54) is 0 Å². The maximum Gasteiger partial charge on any atom is 0.308 e. The van der Waals surface area contributed by atoms with Crippen LogP contribution in [0.15, 0.2) is 54.1 Å². The molecule has 2 bridgehead atoms. The van der Waals surface area contributed by atoms with Gasteiger partial charge in [-0.25, -0.2) is 4.98 Å². The third-order valence-corrected chi connectivity index (χ3v) is 6.40. The number of benzene rings is 1. The van der Waals surface area contributed by atoms with E-state index < -0.39 is 0 Å². The Morgan fingerprint density at radius 1 is 1.20 bits per heavy atom. The van der Waals surface area contributed by atoms with Crippen molar-refractivity contribution in [1.82, 2.24) is 14.8 Å². The van der Waals surface area contributed by atoms with Gasteiger partial charge in [-0.1, -0.05) is 17.7 Å². The molecule has 2 atom stereocenters. The van der Waals surface area contributed by atoms with E-state index >= 15 is 0 Å². The second-order valence-corrected chi connectivity index (χ2v) is 8.14. The second kappa shape index (κ2) is 7.36. The molecule has 3 aliphatic rings. The number of nitro groups is 1. The van der Waals surface area contributed by atoms with Crippen LogP contribution in [0.3, 0.4) is 0 Å². The molecule has 1 aromatic heterocycles. The molecule has 3 aliphatic heterocycles. The van der Waals surface area contributed by atoms with Gasteiger partial charge in [-0.15, -0.1) is 0 Å². The van der Waals surface area contributed by atoms with Gasteiger partial charge in [0.1, 0.15) is 23.1 Å². The molecule has 0 saturated carbocycles. The molecule has 4 heterocycles. The Bertz CT molecular complexity index is 995. The molecule has 0 aliphatic carbocycles. The first kappa shape index (κ1) is 19.0. The highest BCUT2D eigenvalue weighted by atomic mass is 35.5. The first-order chi connectivity index (χ1) is 14.6. The van der Waals surface area contributed by atoms with Crippen LogP contribution in [-0.4, -0.2) is 52.1 Å². The SMILES string of the molecule is COc1ccc(N2C3CCC2N2CCN(Cc4ccc(Cl)nc4)C2=C3[N+](=O)[O-])cc1. The molecule has 9 heteroatoms. The van der Waals surface area contributed by atoms with E-state index in [1.807, 2.05) is 30.3 Å². The lowest BCUT2D eigenvalue weighted by atomic mass is 10.1. The largest absolute Gasteiger partial charge is 0.497 e. The van der Waals surface area contributed by atoms with Gasteiger partial charge >= 0.3 is 5.70 Å². The Hall–Kier alpha value is -3.00. The van der Waals surface area contributed by atoms with E-state index in [0.717, 1.165) is 48.8 Å². The lowest BCUT2D eigenvalue weighted by molar-refractivity contribution is -0.433. The predicted molar refractivity (Wildman–Crippen MR) is 113 cm³/mol. The fraction of sp³-hybridized carbons (Fsp3) is 0.381. The molecule has 8 nitrogen and oxygen atoms in total. The average molecular weight is 428 g/mol. The van der Waals surface area contributed by atoms with E-state index in [4.69, 9.17) is 16.3 Å². The summed E-state index contributed by atoms with van der Waals surface area (Å²) in [7, 11) is 1.63. The van der Waals surface area contributed by atoms with E-state index in [-0.39, 0.29) is 17.1 Å². The number of methoxy groups -OCH3 is 1. The number of hydrogen-bond acceptors (Lipinski definition) is 7. The lowest BCUT2D eigenvalue weighted by Gasteiger charge is -2.42. The zero-order valence-corrected chi connectivity index (χ0v) is 17.3. The van der Waals surface area contributed by atoms with Gasteiger partial charge in [-0.2, -0.15) is 0 Å². The molecular formula is C21H22ClN5O3. The molecule has 5 rings (SSSR count). The molecule has 2 aromatic rings. The third kappa shape index (κ3) is 3.02. The number of ether oxygens (including phenoxy) is 1. The lowest BCUT2D eigenvalue weighted by Crippen LogP contribution is -2.53. The average Bonchev–Trinajstić information content (AvgIpc) is 3.31. The number of aromatic nitrogens is 1. The first-order valence-corrected chi connectivity index (χ1v) is 10.4. The summed E-state index contributed by atoms with van der Waals surface area (Å²) in [6, 6.07) is 11.2. The molecule has 156 valence electrons. The highest BCUT2D eigenvalue weighted by Gasteiger charge is 2.54. The number of hydrogen-bond donors (Lipinski definition) is 0. The molecule has 2 unspecified atom stereocenters. The molecule has 1 aromatic carbocycles. The summed E-state index contributed by atoms with van der Waals surface area (Å²) in [5.74, 6) is 1.53. The standard InChI is InChI=1S/C21H22ClN5O3/c1-30-16-5-3-15(4-6-16)26-17-7-9-19(26)25-11-10-24(21(25)20(17)27(28)29)13-14-2-8-18(22)23-12-14/h2-6,8,12,17,19H,7,9-11,13H2,1H3. The van der Waals surface area contributed by atoms with Crippen molar-refractivity contribution < 1.29 is 9.66 Å². The van der Waals surface area contributed by atoms with Gasteiger partial charge in [0, 0.05) is 31.5 Å². The summed E-state index contributed by atoms with van der Waals surface area (Å²) in [5.41, 5.74) is 2.27. The summed E-state index contributed by atoms with van der Waals surface area (Å²) in [4.78, 5) is 22.7. The molecule has 0 N–H and O–H groups in total. The minimum Gasteiger partial charge on any atom is -0.497 e.